The van der Waals surface area contributed by atoms with Crippen LogP contribution >= 0.6 is 0 Å². The van der Waals surface area contributed by atoms with Crippen LogP contribution in [-0.2, 0) is 17.6 Å². The first kappa shape index (κ1) is 16.5. The van der Waals surface area contributed by atoms with Gasteiger partial charge in [0.25, 0.3) is 0 Å². The number of hydrazine groups is 1. The van der Waals surface area contributed by atoms with Crippen molar-refractivity contribution in [1.29, 1.82) is 0 Å². The normalized spacial score (nSPS) is 14.6. The van der Waals surface area contributed by atoms with E-state index in [0.717, 1.165) is 24.9 Å². The van der Waals surface area contributed by atoms with Gasteiger partial charge < -0.3 is 5.11 Å². The zero-order chi connectivity index (χ0) is 16.9. The summed E-state index contributed by atoms with van der Waals surface area (Å²) in [6, 6.07) is 11.7. The second-order valence-corrected chi connectivity index (χ2v) is 6.10. The molecule has 0 bridgehead atoms. The Labute approximate surface area is 140 Å². The number of hydrogen-bond donors (Lipinski definition) is 3. The van der Waals surface area contributed by atoms with Crippen LogP contribution in [0.15, 0.2) is 42.5 Å². The fourth-order valence-electron chi connectivity index (χ4n) is 3.09. The van der Waals surface area contributed by atoms with E-state index in [-0.39, 0.29) is 12.3 Å². The van der Waals surface area contributed by atoms with Crippen molar-refractivity contribution in [2.24, 2.45) is 0 Å². The third-order valence-electron chi connectivity index (χ3n) is 4.34. The number of benzene rings is 2. The van der Waals surface area contributed by atoms with Gasteiger partial charge in [-0.25, -0.2) is 4.39 Å². The zero-order valence-electron chi connectivity index (χ0n) is 13.4. The summed E-state index contributed by atoms with van der Waals surface area (Å²) in [5.41, 5.74) is 9.44. The SMILES string of the molecule is O=C(CC(O)c1cccc(F)c1)NNc1cccc2c1CCCC2. The molecule has 0 spiro atoms. The van der Waals surface area contributed by atoms with Crippen LogP contribution in [0.5, 0.6) is 0 Å². The number of anilines is 1. The van der Waals surface area contributed by atoms with Gasteiger partial charge in [-0.2, -0.15) is 0 Å². The average molecular weight is 328 g/mol. The van der Waals surface area contributed by atoms with Crippen LogP contribution in [0.4, 0.5) is 10.1 Å². The molecule has 2 aromatic rings. The lowest BCUT2D eigenvalue weighted by atomic mass is 9.90. The number of aliphatic hydroxyl groups excluding tert-OH is 1. The molecule has 1 unspecified atom stereocenters. The number of nitrogens with one attached hydrogen (secondary N) is 2. The molecule has 0 saturated carbocycles. The highest BCUT2D eigenvalue weighted by Crippen LogP contribution is 2.27. The topological polar surface area (TPSA) is 61.4 Å². The fourth-order valence-corrected chi connectivity index (χ4v) is 3.09. The van der Waals surface area contributed by atoms with E-state index >= 15 is 0 Å². The van der Waals surface area contributed by atoms with Gasteiger partial charge in [-0.05, 0) is 60.6 Å². The van der Waals surface area contributed by atoms with Gasteiger partial charge in [0.2, 0.25) is 5.91 Å². The Kier molecular flexibility index (Phi) is 5.11. The highest BCUT2D eigenvalue weighted by atomic mass is 19.1. The lowest BCUT2D eigenvalue weighted by molar-refractivity contribution is -0.122. The fraction of sp³-hybridized carbons (Fsp3) is 0.316. The number of halogens is 1. The molecular formula is C19H21FN2O2. The van der Waals surface area contributed by atoms with Crippen molar-refractivity contribution < 1.29 is 14.3 Å². The Hall–Kier alpha value is -2.40. The van der Waals surface area contributed by atoms with Gasteiger partial charge in [0.1, 0.15) is 5.82 Å². The lowest BCUT2D eigenvalue weighted by Gasteiger charge is -2.20. The summed E-state index contributed by atoms with van der Waals surface area (Å²) in [5.74, 6) is -0.777. The smallest absolute Gasteiger partial charge is 0.241 e. The largest absolute Gasteiger partial charge is 0.388 e. The van der Waals surface area contributed by atoms with Crippen molar-refractivity contribution in [1.82, 2.24) is 5.43 Å². The van der Waals surface area contributed by atoms with E-state index in [1.165, 1.54) is 35.7 Å². The number of aryl methyl sites for hydroxylation is 1. The molecule has 0 fully saturated rings. The van der Waals surface area contributed by atoms with Crippen molar-refractivity contribution in [3.05, 3.63) is 65.0 Å². The molecule has 2 aromatic carbocycles. The predicted molar refractivity (Wildman–Crippen MR) is 90.8 cm³/mol. The molecule has 0 aliphatic heterocycles. The molecule has 5 heteroatoms. The number of rotatable bonds is 5. The molecule has 0 saturated heterocycles. The Morgan fingerprint density at radius 3 is 2.79 bits per heavy atom. The molecule has 1 atom stereocenters. The highest BCUT2D eigenvalue weighted by molar-refractivity contribution is 5.78. The number of fused-ring (bicyclic) bond motifs is 1. The zero-order valence-corrected chi connectivity index (χ0v) is 13.4. The Morgan fingerprint density at radius 2 is 1.96 bits per heavy atom. The monoisotopic (exact) mass is 328 g/mol. The second-order valence-electron chi connectivity index (χ2n) is 6.10. The average Bonchev–Trinajstić information content (AvgIpc) is 2.60. The van der Waals surface area contributed by atoms with Crippen LogP contribution in [-0.4, -0.2) is 11.0 Å². The Bertz CT molecular complexity index is 733. The number of carbonyl (C=O) groups is 1. The van der Waals surface area contributed by atoms with Gasteiger partial charge in [0.05, 0.1) is 18.2 Å². The van der Waals surface area contributed by atoms with Crippen LogP contribution in [0, 0.1) is 5.82 Å². The van der Waals surface area contributed by atoms with Crippen molar-refractivity contribution in [2.45, 2.75) is 38.2 Å². The van der Waals surface area contributed by atoms with Crippen LogP contribution in [0.2, 0.25) is 0 Å². The Morgan fingerprint density at radius 1 is 1.17 bits per heavy atom. The molecule has 24 heavy (non-hydrogen) atoms. The van der Waals surface area contributed by atoms with Gasteiger partial charge in [-0.3, -0.25) is 15.6 Å². The van der Waals surface area contributed by atoms with E-state index in [0.29, 0.717) is 5.56 Å². The van der Waals surface area contributed by atoms with E-state index in [2.05, 4.69) is 16.9 Å². The molecule has 1 amide bonds. The molecular weight excluding hydrogens is 307 g/mol. The van der Waals surface area contributed by atoms with Gasteiger partial charge >= 0.3 is 0 Å². The minimum Gasteiger partial charge on any atom is -0.388 e. The molecule has 3 rings (SSSR count). The minimum atomic E-state index is -1.04. The summed E-state index contributed by atoms with van der Waals surface area (Å²) >= 11 is 0. The van der Waals surface area contributed by atoms with Crippen LogP contribution in [0.3, 0.4) is 0 Å². The van der Waals surface area contributed by atoms with Crippen LogP contribution in [0.25, 0.3) is 0 Å². The van der Waals surface area contributed by atoms with Gasteiger partial charge in [0.15, 0.2) is 0 Å². The molecule has 1 aliphatic carbocycles. The highest BCUT2D eigenvalue weighted by Gasteiger charge is 2.15. The number of carbonyl (C=O) groups excluding carboxylic acids is 1. The van der Waals surface area contributed by atoms with Gasteiger partial charge in [-0.15, -0.1) is 0 Å². The van der Waals surface area contributed by atoms with Crippen molar-refractivity contribution in [3.63, 3.8) is 0 Å². The van der Waals surface area contributed by atoms with Crippen LogP contribution in [0.1, 0.15) is 42.1 Å². The number of amides is 1. The predicted octanol–water partition coefficient (Wildman–Crippen LogP) is 3.27. The molecule has 3 N–H and O–H groups in total. The third kappa shape index (κ3) is 3.92. The minimum absolute atomic E-state index is 0.133. The summed E-state index contributed by atoms with van der Waals surface area (Å²) in [4.78, 5) is 12.0. The summed E-state index contributed by atoms with van der Waals surface area (Å²) in [6.45, 7) is 0. The summed E-state index contributed by atoms with van der Waals surface area (Å²) in [5, 5.41) is 10.0. The molecule has 4 nitrogen and oxygen atoms in total. The number of hydrogen-bond acceptors (Lipinski definition) is 3. The van der Waals surface area contributed by atoms with E-state index in [1.807, 2.05) is 12.1 Å². The standard InChI is InChI=1S/C19H21FN2O2/c20-15-8-3-7-14(11-15)18(23)12-19(24)22-21-17-10-4-6-13-5-1-2-9-16(13)17/h3-4,6-8,10-11,18,21,23H,1-2,5,9,12H2,(H,22,24). The van der Waals surface area contributed by atoms with Crippen LogP contribution < -0.4 is 10.9 Å². The molecule has 0 heterocycles. The van der Waals surface area contributed by atoms with Crippen molar-refractivity contribution in [3.8, 4) is 0 Å². The lowest BCUT2D eigenvalue weighted by Crippen LogP contribution is -2.31. The maximum atomic E-state index is 13.2. The molecule has 0 aromatic heterocycles. The summed E-state index contributed by atoms with van der Waals surface area (Å²) < 4.78 is 13.2. The Balaban J connectivity index is 1.58. The first-order chi connectivity index (χ1) is 11.6. The first-order valence-corrected chi connectivity index (χ1v) is 8.22. The first-order valence-electron chi connectivity index (χ1n) is 8.22. The van der Waals surface area contributed by atoms with E-state index in [4.69, 9.17) is 0 Å². The maximum absolute atomic E-state index is 13.2. The maximum Gasteiger partial charge on any atom is 0.241 e. The van der Waals surface area contributed by atoms with Gasteiger partial charge in [-0.1, -0.05) is 24.3 Å². The van der Waals surface area contributed by atoms with E-state index in [1.54, 1.807) is 6.07 Å². The summed E-state index contributed by atoms with van der Waals surface area (Å²) in [6.07, 6.45) is 3.25. The van der Waals surface area contributed by atoms with E-state index in [9.17, 15) is 14.3 Å². The molecule has 126 valence electrons. The molecule has 0 radical (unpaired) electrons. The second kappa shape index (κ2) is 7.45. The van der Waals surface area contributed by atoms with Gasteiger partial charge in [0, 0.05) is 0 Å². The number of aliphatic hydroxyl groups is 1. The van der Waals surface area contributed by atoms with E-state index < -0.39 is 11.9 Å². The summed E-state index contributed by atoms with van der Waals surface area (Å²) in [7, 11) is 0. The third-order valence-corrected chi connectivity index (χ3v) is 4.34. The van der Waals surface area contributed by atoms with Crippen molar-refractivity contribution in [2.75, 3.05) is 5.43 Å². The molecule has 1 aliphatic rings. The quantitative estimate of drug-likeness (QED) is 0.738. The van der Waals surface area contributed by atoms with Crippen molar-refractivity contribution >= 4 is 11.6 Å².